The second kappa shape index (κ2) is 8.20. The summed E-state index contributed by atoms with van der Waals surface area (Å²) in [6.45, 7) is 4.61. The van der Waals surface area contributed by atoms with Crippen LogP contribution < -0.4 is 10.1 Å². The zero-order chi connectivity index (χ0) is 17.1. The predicted molar refractivity (Wildman–Crippen MR) is 99.9 cm³/mol. The number of aliphatic hydroxyl groups excluding tert-OH is 1. The second-order valence-corrected chi connectivity index (χ2v) is 5.73. The molecule has 1 aromatic heterocycles. The Balaban J connectivity index is 0.00000225. The van der Waals surface area contributed by atoms with E-state index < -0.39 is 6.23 Å². The van der Waals surface area contributed by atoms with E-state index >= 15 is 0 Å². The first-order valence-electron chi connectivity index (χ1n) is 7.87. The molecule has 25 heavy (non-hydrogen) atoms. The summed E-state index contributed by atoms with van der Waals surface area (Å²) in [5.41, 5.74) is 1.90. The summed E-state index contributed by atoms with van der Waals surface area (Å²) in [4.78, 5) is 0. The lowest BCUT2D eigenvalue weighted by Crippen LogP contribution is -2.29. The standard InChI is InChI=1S/C18H21N3O3.ClH/c1-12-9-18(24-8-7-19-13(2)22)20-21(12)16-5-3-15-11-17(23)6-4-14(15)10-16;/h3-6,9-11,13,19,22-23H,7-8H2,1-2H3;1H. The van der Waals surface area contributed by atoms with Gasteiger partial charge >= 0.3 is 0 Å². The van der Waals surface area contributed by atoms with Crippen molar-refractivity contribution in [1.82, 2.24) is 15.1 Å². The Labute approximate surface area is 152 Å². The summed E-state index contributed by atoms with van der Waals surface area (Å²) in [6.07, 6.45) is -0.551. The minimum Gasteiger partial charge on any atom is -0.508 e. The molecule has 134 valence electrons. The third-order valence-corrected chi connectivity index (χ3v) is 3.71. The summed E-state index contributed by atoms with van der Waals surface area (Å²) < 4.78 is 7.43. The van der Waals surface area contributed by atoms with Gasteiger partial charge in [0.2, 0.25) is 5.88 Å². The molecular weight excluding hydrogens is 342 g/mol. The number of rotatable bonds is 6. The number of ether oxygens (including phenoxy) is 1. The number of halogens is 1. The summed E-state index contributed by atoms with van der Waals surface area (Å²) >= 11 is 0. The highest BCUT2D eigenvalue weighted by Gasteiger charge is 2.08. The molecule has 0 aliphatic carbocycles. The fraction of sp³-hybridized carbons (Fsp3) is 0.278. The largest absolute Gasteiger partial charge is 0.508 e. The first-order chi connectivity index (χ1) is 11.5. The Morgan fingerprint density at radius 2 is 1.88 bits per heavy atom. The van der Waals surface area contributed by atoms with Crippen LogP contribution in [0.1, 0.15) is 12.6 Å². The Morgan fingerprint density at radius 1 is 1.16 bits per heavy atom. The number of hydrogen-bond acceptors (Lipinski definition) is 5. The maximum atomic E-state index is 9.55. The van der Waals surface area contributed by atoms with Gasteiger partial charge in [0.05, 0.1) is 5.69 Å². The molecule has 1 atom stereocenters. The van der Waals surface area contributed by atoms with Gasteiger partial charge in [0.15, 0.2) is 0 Å². The van der Waals surface area contributed by atoms with Crippen LogP contribution in [0.5, 0.6) is 11.6 Å². The molecule has 0 aliphatic heterocycles. The van der Waals surface area contributed by atoms with Crippen molar-refractivity contribution >= 4 is 23.2 Å². The van der Waals surface area contributed by atoms with Crippen molar-refractivity contribution in [3.05, 3.63) is 48.2 Å². The summed E-state index contributed by atoms with van der Waals surface area (Å²) in [5.74, 6) is 0.803. The molecule has 3 aromatic rings. The van der Waals surface area contributed by atoms with E-state index in [1.807, 2.05) is 41.9 Å². The van der Waals surface area contributed by atoms with Crippen molar-refractivity contribution in [3.8, 4) is 17.3 Å². The highest BCUT2D eigenvalue weighted by molar-refractivity contribution is 5.86. The van der Waals surface area contributed by atoms with Crippen LogP contribution in [0.3, 0.4) is 0 Å². The highest BCUT2D eigenvalue weighted by Crippen LogP contribution is 2.24. The number of aliphatic hydroxyl groups is 1. The SMILES string of the molecule is Cc1cc(OCCNC(C)O)nn1-c1ccc2cc(O)ccc2c1.Cl. The number of aromatic hydroxyl groups is 1. The molecule has 6 nitrogen and oxygen atoms in total. The number of aromatic nitrogens is 2. The number of phenolic OH excluding ortho intramolecular Hbond substituents is 1. The molecule has 0 bridgehead atoms. The Hall–Kier alpha value is -2.28. The van der Waals surface area contributed by atoms with Crippen LogP contribution in [0.4, 0.5) is 0 Å². The molecule has 0 fully saturated rings. The van der Waals surface area contributed by atoms with E-state index in [1.165, 1.54) is 0 Å². The zero-order valence-corrected chi connectivity index (χ0v) is 15.0. The second-order valence-electron chi connectivity index (χ2n) is 5.73. The van der Waals surface area contributed by atoms with Gasteiger partial charge in [0, 0.05) is 18.3 Å². The van der Waals surface area contributed by atoms with Crippen LogP contribution in [0, 0.1) is 6.92 Å². The third kappa shape index (κ3) is 4.63. The first-order valence-corrected chi connectivity index (χ1v) is 7.87. The fourth-order valence-corrected chi connectivity index (χ4v) is 2.55. The van der Waals surface area contributed by atoms with Gasteiger partial charge in [-0.05, 0) is 48.9 Å². The number of aryl methyl sites for hydroxylation is 1. The number of phenols is 1. The van der Waals surface area contributed by atoms with Crippen LogP contribution in [-0.4, -0.2) is 39.4 Å². The minimum absolute atomic E-state index is 0. The molecule has 0 amide bonds. The summed E-state index contributed by atoms with van der Waals surface area (Å²) in [6, 6.07) is 13.1. The molecule has 0 spiro atoms. The van der Waals surface area contributed by atoms with Gasteiger partial charge in [-0.25, -0.2) is 4.68 Å². The molecule has 1 unspecified atom stereocenters. The Bertz CT molecular complexity index is 849. The number of benzene rings is 2. The van der Waals surface area contributed by atoms with Gasteiger partial charge in [0.25, 0.3) is 0 Å². The molecule has 0 saturated heterocycles. The molecule has 3 N–H and O–H groups in total. The number of fused-ring (bicyclic) bond motifs is 1. The molecule has 0 saturated carbocycles. The molecule has 2 aromatic carbocycles. The van der Waals surface area contributed by atoms with Crippen molar-refractivity contribution in [3.63, 3.8) is 0 Å². The molecule has 0 aliphatic rings. The van der Waals surface area contributed by atoms with Gasteiger partial charge in [0.1, 0.15) is 18.6 Å². The van der Waals surface area contributed by atoms with Crippen molar-refractivity contribution in [2.45, 2.75) is 20.1 Å². The molecular formula is C18H22ClN3O3. The van der Waals surface area contributed by atoms with Gasteiger partial charge < -0.3 is 14.9 Å². The van der Waals surface area contributed by atoms with E-state index in [9.17, 15) is 5.11 Å². The van der Waals surface area contributed by atoms with Gasteiger partial charge in [-0.15, -0.1) is 17.5 Å². The topological polar surface area (TPSA) is 79.5 Å². The smallest absolute Gasteiger partial charge is 0.233 e. The van der Waals surface area contributed by atoms with Crippen molar-refractivity contribution in [2.75, 3.05) is 13.2 Å². The van der Waals surface area contributed by atoms with Crippen LogP contribution in [0.2, 0.25) is 0 Å². The van der Waals surface area contributed by atoms with E-state index in [0.717, 1.165) is 22.2 Å². The summed E-state index contributed by atoms with van der Waals surface area (Å²) in [7, 11) is 0. The molecule has 0 radical (unpaired) electrons. The van der Waals surface area contributed by atoms with Crippen molar-refractivity contribution in [2.24, 2.45) is 0 Å². The molecule has 1 heterocycles. The highest BCUT2D eigenvalue weighted by atomic mass is 35.5. The van der Waals surface area contributed by atoms with Crippen molar-refractivity contribution < 1.29 is 14.9 Å². The maximum Gasteiger partial charge on any atom is 0.233 e. The fourth-order valence-electron chi connectivity index (χ4n) is 2.55. The first kappa shape index (κ1) is 19.1. The zero-order valence-electron chi connectivity index (χ0n) is 14.1. The average molecular weight is 364 g/mol. The van der Waals surface area contributed by atoms with Gasteiger partial charge in [-0.3, -0.25) is 5.32 Å². The quantitative estimate of drug-likeness (QED) is 0.463. The number of nitrogens with one attached hydrogen (secondary N) is 1. The summed E-state index contributed by atoms with van der Waals surface area (Å²) in [5, 5.41) is 28.0. The lowest BCUT2D eigenvalue weighted by molar-refractivity contribution is 0.147. The van der Waals surface area contributed by atoms with E-state index in [4.69, 9.17) is 9.84 Å². The lowest BCUT2D eigenvalue weighted by Gasteiger charge is -2.07. The molecule has 3 rings (SSSR count). The van der Waals surface area contributed by atoms with E-state index in [1.54, 1.807) is 19.1 Å². The van der Waals surface area contributed by atoms with Crippen LogP contribution in [0.25, 0.3) is 16.5 Å². The Kier molecular flexibility index (Phi) is 6.25. The third-order valence-electron chi connectivity index (χ3n) is 3.71. The predicted octanol–water partition coefficient (Wildman–Crippen LogP) is 2.77. The molecule has 7 heteroatoms. The van der Waals surface area contributed by atoms with Crippen LogP contribution >= 0.6 is 12.4 Å². The lowest BCUT2D eigenvalue weighted by atomic mass is 10.1. The minimum atomic E-state index is -0.551. The van der Waals surface area contributed by atoms with Crippen molar-refractivity contribution in [1.29, 1.82) is 0 Å². The normalized spacial score (nSPS) is 12.0. The monoisotopic (exact) mass is 363 g/mol. The van der Waals surface area contributed by atoms with E-state index in [-0.39, 0.29) is 18.2 Å². The van der Waals surface area contributed by atoms with E-state index in [0.29, 0.717) is 19.0 Å². The van der Waals surface area contributed by atoms with Gasteiger partial charge in [-0.2, -0.15) is 0 Å². The maximum absolute atomic E-state index is 9.55. The Morgan fingerprint density at radius 3 is 2.64 bits per heavy atom. The van der Waals surface area contributed by atoms with Crippen LogP contribution in [-0.2, 0) is 0 Å². The van der Waals surface area contributed by atoms with Crippen LogP contribution in [0.15, 0.2) is 42.5 Å². The average Bonchev–Trinajstić information content (AvgIpc) is 2.92. The van der Waals surface area contributed by atoms with E-state index in [2.05, 4.69) is 10.4 Å². The number of nitrogens with zero attached hydrogens (tertiary/aromatic N) is 2. The van der Waals surface area contributed by atoms with Gasteiger partial charge in [-0.1, -0.05) is 12.1 Å². The number of hydrogen-bond donors (Lipinski definition) is 3.